The predicted octanol–water partition coefficient (Wildman–Crippen LogP) is 3.63. The Balaban J connectivity index is 1.55. The van der Waals surface area contributed by atoms with E-state index in [4.69, 9.17) is 4.74 Å². The van der Waals surface area contributed by atoms with Crippen LogP contribution < -0.4 is 5.32 Å². The second-order valence-corrected chi connectivity index (χ2v) is 7.04. The van der Waals surface area contributed by atoms with Gasteiger partial charge in [0.15, 0.2) is 0 Å². The van der Waals surface area contributed by atoms with Crippen LogP contribution in [0.5, 0.6) is 0 Å². The lowest BCUT2D eigenvalue weighted by Gasteiger charge is -2.26. The van der Waals surface area contributed by atoms with Crippen LogP contribution >= 0.6 is 11.8 Å². The number of hydrogen-bond acceptors (Lipinski definition) is 4. The molecule has 0 saturated carbocycles. The highest BCUT2D eigenvalue weighted by molar-refractivity contribution is 7.97. The first-order valence-corrected chi connectivity index (χ1v) is 9.92. The topological polar surface area (TPSA) is 41.6 Å². The minimum atomic E-state index is -0.0726. The van der Waals surface area contributed by atoms with Crippen molar-refractivity contribution in [3.8, 4) is 0 Å². The molecular weight excluding hydrogens is 332 g/mol. The summed E-state index contributed by atoms with van der Waals surface area (Å²) in [4.78, 5) is 14.7. The van der Waals surface area contributed by atoms with Crippen LogP contribution in [0.1, 0.15) is 21.5 Å². The molecule has 1 aliphatic heterocycles. The first-order chi connectivity index (χ1) is 12.2. The van der Waals surface area contributed by atoms with Gasteiger partial charge in [-0.25, -0.2) is 0 Å². The molecule has 3 rings (SSSR count). The van der Waals surface area contributed by atoms with Gasteiger partial charge >= 0.3 is 0 Å². The van der Waals surface area contributed by atoms with E-state index in [0.29, 0.717) is 5.56 Å². The van der Waals surface area contributed by atoms with Crippen molar-refractivity contribution < 1.29 is 9.53 Å². The highest BCUT2D eigenvalue weighted by Crippen LogP contribution is 2.15. The van der Waals surface area contributed by atoms with E-state index in [0.717, 1.165) is 44.3 Å². The second-order valence-electron chi connectivity index (χ2n) is 6.17. The number of nitrogens with one attached hydrogen (secondary N) is 1. The van der Waals surface area contributed by atoms with Crippen molar-refractivity contribution in [1.29, 1.82) is 0 Å². The summed E-state index contributed by atoms with van der Waals surface area (Å²) in [6.45, 7) is 4.50. The molecule has 0 atom stereocenters. The molecule has 0 aromatic heterocycles. The first-order valence-electron chi connectivity index (χ1n) is 8.53. The SMILES string of the molecule is CSCc1ccc(C(=O)Nc2ccc(CN3CCOCC3)cc2)cc1. The lowest BCUT2D eigenvalue weighted by Crippen LogP contribution is -2.35. The molecule has 0 radical (unpaired) electrons. The van der Waals surface area contributed by atoms with Crippen LogP contribution in [0, 0.1) is 0 Å². The number of hydrogen-bond donors (Lipinski definition) is 1. The predicted molar refractivity (Wildman–Crippen MR) is 104 cm³/mol. The van der Waals surface area contributed by atoms with Crippen molar-refractivity contribution in [2.24, 2.45) is 0 Å². The molecule has 5 heteroatoms. The van der Waals surface area contributed by atoms with Crippen LogP contribution in [0.25, 0.3) is 0 Å². The van der Waals surface area contributed by atoms with Crippen molar-refractivity contribution in [2.75, 3.05) is 37.9 Å². The number of anilines is 1. The Bertz CT molecular complexity index is 680. The number of amides is 1. The fourth-order valence-corrected chi connectivity index (χ4v) is 3.36. The zero-order valence-electron chi connectivity index (χ0n) is 14.5. The summed E-state index contributed by atoms with van der Waals surface area (Å²) in [6, 6.07) is 15.9. The highest BCUT2D eigenvalue weighted by Gasteiger charge is 2.11. The number of nitrogens with zero attached hydrogens (tertiary/aromatic N) is 1. The van der Waals surface area contributed by atoms with Gasteiger partial charge in [-0.05, 0) is 41.6 Å². The van der Waals surface area contributed by atoms with Gasteiger partial charge in [-0.3, -0.25) is 9.69 Å². The molecule has 25 heavy (non-hydrogen) atoms. The van der Waals surface area contributed by atoms with Gasteiger partial charge in [0, 0.05) is 36.6 Å². The molecular formula is C20H24N2O2S. The van der Waals surface area contributed by atoms with Crippen molar-refractivity contribution >= 4 is 23.4 Å². The Hall–Kier alpha value is -1.82. The van der Waals surface area contributed by atoms with Gasteiger partial charge in [0.05, 0.1) is 13.2 Å². The quantitative estimate of drug-likeness (QED) is 0.858. The van der Waals surface area contributed by atoms with Gasteiger partial charge in [0.2, 0.25) is 0 Å². The number of carbonyl (C=O) groups excluding carboxylic acids is 1. The van der Waals surface area contributed by atoms with E-state index in [-0.39, 0.29) is 5.91 Å². The van der Waals surface area contributed by atoms with Gasteiger partial charge < -0.3 is 10.1 Å². The van der Waals surface area contributed by atoms with Crippen LogP contribution in [0.15, 0.2) is 48.5 Å². The maximum absolute atomic E-state index is 12.3. The Morgan fingerprint density at radius 2 is 1.68 bits per heavy atom. The molecule has 0 spiro atoms. The molecule has 1 fully saturated rings. The van der Waals surface area contributed by atoms with Crippen molar-refractivity contribution in [2.45, 2.75) is 12.3 Å². The number of rotatable bonds is 6. The molecule has 0 unspecified atom stereocenters. The Kier molecular flexibility index (Phi) is 6.50. The van der Waals surface area contributed by atoms with Gasteiger partial charge in [0.25, 0.3) is 5.91 Å². The molecule has 1 saturated heterocycles. The molecule has 0 aliphatic carbocycles. The number of carbonyl (C=O) groups is 1. The fraction of sp³-hybridized carbons (Fsp3) is 0.350. The standard InChI is InChI=1S/C20H24N2O2S/c1-25-15-17-2-6-18(7-3-17)20(23)21-19-8-4-16(5-9-19)14-22-10-12-24-13-11-22/h2-9H,10-15H2,1H3,(H,21,23). The summed E-state index contributed by atoms with van der Waals surface area (Å²) in [6.07, 6.45) is 2.07. The third kappa shape index (κ3) is 5.33. The zero-order chi connectivity index (χ0) is 17.5. The van der Waals surface area contributed by atoms with Crippen molar-refractivity contribution in [1.82, 2.24) is 4.90 Å². The van der Waals surface area contributed by atoms with Crippen LogP contribution in [0.2, 0.25) is 0 Å². The van der Waals surface area contributed by atoms with E-state index in [9.17, 15) is 4.79 Å². The number of morpholine rings is 1. The van der Waals surface area contributed by atoms with Gasteiger partial charge in [-0.2, -0.15) is 11.8 Å². The lowest BCUT2D eigenvalue weighted by atomic mass is 10.1. The van der Waals surface area contributed by atoms with Crippen LogP contribution in [0.3, 0.4) is 0 Å². The fourth-order valence-electron chi connectivity index (χ4n) is 2.83. The third-order valence-electron chi connectivity index (χ3n) is 4.25. The molecule has 1 amide bonds. The highest BCUT2D eigenvalue weighted by atomic mass is 32.2. The first kappa shape index (κ1) is 18.0. The Morgan fingerprint density at radius 3 is 2.32 bits per heavy atom. The summed E-state index contributed by atoms with van der Waals surface area (Å²) in [5, 5.41) is 2.96. The summed E-state index contributed by atoms with van der Waals surface area (Å²) in [5.74, 6) is 0.892. The van der Waals surface area contributed by atoms with E-state index in [1.807, 2.05) is 36.4 Å². The molecule has 2 aromatic rings. The monoisotopic (exact) mass is 356 g/mol. The van der Waals surface area contributed by atoms with E-state index >= 15 is 0 Å². The summed E-state index contributed by atoms with van der Waals surface area (Å²) >= 11 is 1.77. The largest absolute Gasteiger partial charge is 0.379 e. The number of benzene rings is 2. The second kappa shape index (κ2) is 9.04. The molecule has 0 bridgehead atoms. The smallest absolute Gasteiger partial charge is 0.255 e. The van der Waals surface area contributed by atoms with Crippen LogP contribution in [-0.2, 0) is 17.0 Å². The zero-order valence-corrected chi connectivity index (χ0v) is 15.3. The maximum Gasteiger partial charge on any atom is 0.255 e. The van der Waals surface area contributed by atoms with E-state index in [2.05, 4.69) is 28.6 Å². The maximum atomic E-state index is 12.3. The van der Waals surface area contributed by atoms with E-state index in [1.165, 1.54) is 11.1 Å². The van der Waals surface area contributed by atoms with Crippen molar-refractivity contribution in [3.63, 3.8) is 0 Å². The van der Waals surface area contributed by atoms with Gasteiger partial charge in [-0.15, -0.1) is 0 Å². The average molecular weight is 356 g/mol. The van der Waals surface area contributed by atoms with Gasteiger partial charge in [0.1, 0.15) is 0 Å². The molecule has 1 heterocycles. The molecule has 132 valence electrons. The molecule has 1 N–H and O–H groups in total. The van der Waals surface area contributed by atoms with Crippen LogP contribution in [-0.4, -0.2) is 43.4 Å². The van der Waals surface area contributed by atoms with Gasteiger partial charge in [-0.1, -0.05) is 24.3 Å². The number of thioether (sulfide) groups is 1. The summed E-state index contributed by atoms with van der Waals surface area (Å²) < 4.78 is 5.37. The number of ether oxygens (including phenoxy) is 1. The van der Waals surface area contributed by atoms with Crippen molar-refractivity contribution in [3.05, 3.63) is 65.2 Å². The van der Waals surface area contributed by atoms with E-state index in [1.54, 1.807) is 11.8 Å². The third-order valence-corrected chi connectivity index (χ3v) is 4.87. The van der Waals surface area contributed by atoms with E-state index < -0.39 is 0 Å². The minimum Gasteiger partial charge on any atom is -0.379 e. The lowest BCUT2D eigenvalue weighted by molar-refractivity contribution is 0.0342. The summed E-state index contributed by atoms with van der Waals surface area (Å²) in [5.41, 5.74) is 3.99. The Morgan fingerprint density at radius 1 is 1.04 bits per heavy atom. The average Bonchev–Trinajstić information content (AvgIpc) is 2.65. The van der Waals surface area contributed by atoms with Crippen LogP contribution in [0.4, 0.5) is 5.69 Å². The minimum absolute atomic E-state index is 0.0726. The molecule has 1 aliphatic rings. The normalized spacial score (nSPS) is 15.1. The Labute approximate surface area is 153 Å². The summed E-state index contributed by atoms with van der Waals surface area (Å²) in [7, 11) is 0. The molecule has 4 nitrogen and oxygen atoms in total. The molecule has 2 aromatic carbocycles.